The van der Waals surface area contributed by atoms with Gasteiger partial charge in [0.15, 0.2) is 0 Å². The zero-order valence-electron chi connectivity index (χ0n) is 9.21. The molecule has 0 aliphatic rings. The smallest absolute Gasteiger partial charge is 0.220 e. The summed E-state index contributed by atoms with van der Waals surface area (Å²) in [5.41, 5.74) is 1.21. The molecule has 2 nitrogen and oxygen atoms in total. The lowest BCUT2D eigenvalue weighted by Gasteiger charge is -1.99. The molecule has 0 saturated carbocycles. The van der Waals surface area contributed by atoms with Crippen molar-refractivity contribution in [3.8, 4) is 0 Å². The van der Waals surface area contributed by atoms with Gasteiger partial charge in [0.1, 0.15) is 0 Å². The van der Waals surface area contributed by atoms with E-state index in [1.54, 1.807) is 7.05 Å². The number of hydrogen-bond donors (Lipinski definition) is 1. The highest BCUT2D eigenvalue weighted by Gasteiger charge is 1.97. The van der Waals surface area contributed by atoms with Crippen molar-refractivity contribution in [3.63, 3.8) is 0 Å². The molecular weight excluding hydrogens is 174 g/mol. The zero-order valence-corrected chi connectivity index (χ0v) is 9.21. The molecule has 0 heterocycles. The predicted molar refractivity (Wildman–Crippen MR) is 60.2 cm³/mol. The van der Waals surface area contributed by atoms with Gasteiger partial charge in [-0.25, -0.2) is 0 Å². The van der Waals surface area contributed by atoms with Gasteiger partial charge >= 0.3 is 0 Å². The lowest BCUT2D eigenvalue weighted by Crippen LogP contribution is -2.17. The van der Waals surface area contributed by atoms with E-state index < -0.39 is 0 Å². The molecule has 0 spiro atoms. The quantitative estimate of drug-likeness (QED) is 0.784. The topological polar surface area (TPSA) is 29.1 Å². The molecular formula is C12H19NO. The first-order valence-corrected chi connectivity index (χ1v) is 5.07. The van der Waals surface area contributed by atoms with Crippen LogP contribution in [-0.4, -0.2) is 13.0 Å². The summed E-state index contributed by atoms with van der Waals surface area (Å²) in [7, 11) is 1.66. The normalized spacial score (nSPS) is 8.50. The molecule has 1 N–H and O–H groups in total. The molecule has 0 aromatic heterocycles. The Bertz CT molecular complexity index is 244. The summed E-state index contributed by atoms with van der Waals surface area (Å²) < 4.78 is 0. The SMILES string of the molecule is CC.CNC(=O)CCc1ccccc1. The molecule has 0 radical (unpaired) electrons. The third-order valence-electron chi connectivity index (χ3n) is 1.76. The summed E-state index contributed by atoms with van der Waals surface area (Å²) in [6.45, 7) is 4.00. The molecule has 1 aromatic carbocycles. The Hall–Kier alpha value is -1.31. The van der Waals surface area contributed by atoms with Crippen molar-refractivity contribution in [2.24, 2.45) is 0 Å². The Morgan fingerprint density at radius 1 is 1.21 bits per heavy atom. The molecule has 0 bridgehead atoms. The summed E-state index contributed by atoms with van der Waals surface area (Å²) in [6, 6.07) is 10.0. The van der Waals surface area contributed by atoms with Gasteiger partial charge in [0, 0.05) is 13.5 Å². The minimum atomic E-state index is 0.0962. The second kappa shape index (κ2) is 8.30. The highest BCUT2D eigenvalue weighted by atomic mass is 16.1. The van der Waals surface area contributed by atoms with Crippen LogP contribution in [0.15, 0.2) is 30.3 Å². The fourth-order valence-electron chi connectivity index (χ4n) is 1.03. The van der Waals surface area contributed by atoms with E-state index in [-0.39, 0.29) is 5.91 Å². The van der Waals surface area contributed by atoms with Crippen LogP contribution in [-0.2, 0) is 11.2 Å². The monoisotopic (exact) mass is 193 g/mol. The summed E-state index contributed by atoms with van der Waals surface area (Å²) in [6.07, 6.45) is 1.39. The van der Waals surface area contributed by atoms with E-state index in [0.717, 1.165) is 6.42 Å². The van der Waals surface area contributed by atoms with Crippen LogP contribution in [0.25, 0.3) is 0 Å². The lowest BCUT2D eigenvalue weighted by atomic mass is 10.1. The Labute approximate surface area is 86.3 Å². The van der Waals surface area contributed by atoms with Crippen LogP contribution in [0, 0.1) is 0 Å². The molecule has 0 atom stereocenters. The molecule has 0 aliphatic heterocycles. The van der Waals surface area contributed by atoms with Crippen LogP contribution >= 0.6 is 0 Å². The second-order valence-corrected chi connectivity index (χ2v) is 2.66. The molecule has 1 aromatic rings. The largest absolute Gasteiger partial charge is 0.359 e. The maximum absolute atomic E-state index is 10.9. The third-order valence-corrected chi connectivity index (χ3v) is 1.76. The Morgan fingerprint density at radius 3 is 2.29 bits per heavy atom. The Kier molecular flexibility index (Phi) is 7.52. The maximum atomic E-state index is 10.9. The number of hydrogen-bond acceptors (Lipinski definition) is 1. The molecule has 14 heavy (non-hydrogen) atoms. The predicted octanol–water partition coefficient (Wildman–Crippen LogP) is 2.39. The fourth-order valence-corrected chi connectivity index (χ4v) is 1.03. The summed E-state index contributed by atoms with van der Waals surface area (Å²) in [5.74, 6) is 0.0962. The highest BCUT2D eigenvalue weighted by molar-refractivity contribution is 5.75. The molecule has 0 saturated heterocycles. The van der Waals surface area contributed by atoms with Crippen molar-refractivity contribution < 1.29 is 4.79 Å². The van der Waals surface area contributed by atoms with Gasteiger partial charge in [-0.15, -0.1) is 0 Å². The zero-order chi connectivity index (χ0) is 10.8. The van der Waals surface area contributed by atoms with E-state index >= 15 is 0 Å². The van der Waals surface area contributed by atoms with Crippen molar-refractivity contribution in [2.75, 3.05) is 7.05 Å². The summed E-state index contributed by atoms with van der Waals surface area (Å²) >= 11 is 0. The lowest BCUT2D eigenvalue weighted by molar-refractivity contribution is -0.120. The average Bonchev–Trinajstić information content (AvgIpc) is 2.30. The van der Waals surface area contributed by atoms with Gasteiger partial charge in [-0.05, 0) is 12.0 Å². The molecule has 1 amide bonds. The minimum absolute atomic E-state index is 0.0962. The van der Waals surface area contributed by atoms with Gasteiger partial charge in [0.2, 0.25) is 5.91 Å². The molecule has 0 unspecified atom stereocenters. The summed E-state index contributed by atoms with van der Waals surface area (Å²) in [5, 5.41) is 2.60. The Balaban J connectivity index is 0.000000791. The van der Waals surface area contributed by atoms with Crippen molar-refractivity contribution in [1.29, 1.82) is 0 Å². The van der Waals surface area contributed by atoms with E-state index in [4.69, 9.17) is 0 Å². The van der Waals surface area contributed by atoms with Crippen LogP contribution in [0.2, 0.25) is 0 Å². The first-order chi connectivity index (χ1) is 6.83. The van der Waals surface area contributed by atoms with E-state index in [1.807, 2.05) is 44.2 Å². The number of carbonyl (C=O) groups excluding carboxylic acids is 1. The van der Waals surface area contributed by atoms with Gasteiger partial charge in [-0.1, -0.05) is 44.2 Å². The minimum Gasteiger partial charge on any atom is -0.359 e. The van der Waals surface area contributed by atoms with Crippen LogP contribution in [0.1, 0.15) is 25.8 Å². The molecule has 78 valence electrons. The van der Waals surface area contributed by atoms with E-state index in [9.17, 15) is 4.79 Å². The van der Waals surface area contributed by atoms with Gasteiger partial charge < -0.3 is 5.32 Å². The average molecular weight is 193 g/mol. The van der Waals surface area contributed by atoms with Crippen molar-refractivity contribution in [3.05, 3.63) is 35.9 Å². The maximum Gasteiger partial charge on any atom is 0.220 e. The standard InChI is InChI=1S/C10H13NO.C2H6/c1-11-10(12)8-7-9-5-3-2-4-6-9;1-2/h2-6H,7-8H2,1H3,(H,11,12);1-2H3. The van der Waals surface area contributed by atoms with Gasteiger partial charge in [-0.2, -0.15) is 0 Å². The third kappa shape index (κ3) is 5.36. The van der Waals surface area contributed by atoms with Gasteiger partial charge in [-0.3, -0.25) is 4.79 Å². The second-order valence-electron chi connectivity index (χ2n) is 2.66. The highest BCUT2D eigenvalue weighted by Crippen LogP contribution is 2.01. The van der Waals surface area contributed by atoms with Crippen LogP contribution < -0.4 is 5.32 Å². The number of aryl methyl sites for hydroxylation is 1. The first kappa shape index (κ1) is 12.7. The van der Waals surface area contributed by atoms with Crippen molar-refractivity contribution in [1.82, 2.24) is 5.32 Å². The van der Waals surface area contributed by atoms with Crippen molar-refractivity contribution >= 4 is 5.91 Å². The van der Waals surface area contributed by atoms with Gasteiger partial charge in [0.05, 0.1) is 0 Å². The van der Waals surface area contributed by atoms with Crippen LogP contribution in [0.4, 0.5) is 0 Å². The fraction of sp³-hybridized carbons (Fsp3) is 0.417. The van der Waals surface area contributed by atoms with Crippen molar-refractivity contribution in [2.45, 2.75) is 26.7 Å². The summed E-state index contributed by atoms with van der Waals surface area (Å²) in [4.78, 5) is 10.9. The number of benzene rings is 1. The molecule has 0 fully saturated rings. The van der Waals surface area contributed by atoms with E-state index in [2.05, 4.69) is 5.32 Å². The van der Waals surface area contributed by atoms with E-state index in [0.29, 0.717) is 6.42 Å². The number of amides is 1. The molecule has 1 rings (SSSR count). The van der Waals surface area contributed by atoms with Gasteiger partial charge in [0.25, 0.3) is 0 Å². The molecule has 2 heteroatoms. The number of nitrogens with one attached hydrogen (secondary N) is 1. The number of rotatable bonds is 3. The van der Waals surface area contributed by atoms with E-state index in [1.165, 1.54) is 5.56 Å². The number of carbonyl (C=O) groups is 1. The van der Waals surface area contributed by atoms with Crippen LogP contribution in [0.5, 0.6) is 0 Å². The Morgan fingerprint density at radius 2 is 1.79 bits per heavy atom. The van der Waals surface area contributed by atoms with Crippen LogP contribution in [0.3, 0.4) is 0 Å². The first-order valence-electron chi connectivity index (χ1n) is 5.07. The molecule has 0 aliphatic carbocycles.